The van der Waals surface area contributed by atoms with Gasteiger partial charge in [0, 0.05) is 32.1 Å². The topological polar surface area (TPSA) is 49.8 Å². The molecule has 0 bridgehead atoms. The minimum Gasteiger partial charge on any atom is -0.373 e. The zero-order chi connectivity index (χ0) is 9.97. The lowest BCUT2D eigenvalue weighted by Crippen LogP contribution is -2.26. The molecule has 0 spiro atoms. The summed E-state index contributed by atoms with van der Waals surface area (Å²) >= 11 is 1.59. The van der Waals surface area contributed by atoms with Crippen molar-refractivity contribution in [1.29, 1.82) is 0 Å². The van der Waals surface area contributed by atoms with Crippen LogP contribution in [0.4, 0.5) is 5.82 Å². The standard InChI is InChI=1S/C9H14N4S/c1-10-8-6-5-11-4-3-7(6)12-9(13-8)14-2/h11H,3-5H2,1-2H3,(H,10,12,13). The van der Waals surface area contributed by atoms with Gasteiger partial charge >= 0.3 is 0 Å². The molecule has 1 aromatic heterocycles. The van der Waals surface area contributed by atoms with E-state index in [9.17, 15) is 0 Å². The van der Waals surface area contributed by atoms with Crippen molar-refractivity contribution in [3.05, 3.63) is 11.3 Å². The van der Waals surface area contributed by atoms with Crippen molar-refractivity contribution in [2.24, 2.45) is 0 Å². The van der Waals surface area contributed by atoms with E-state index in [0.717, 1.165) is 30.5 Å². The Morgan fingerprint density at radius 2 is 2.29 bits per heavy atom. The van der Waals surface area contributed by atoms with Crippen LogP contribution < -0.4 is 10.6 Å². The van der Waals surface area contributed by atoms with Gasteiger partial charge in [-0.2, -0.15) is 0 Å². The predicted molar refractivity (Wildman–Crippen MR) is 58.8 cm³/mol. The molecule has 1 aliphatic rings. The van der Waals surface area contributed by atoms with Crippen LogP contribution in [0.15, 0.2) is 5.16 Å². The molecule has 2 rings (SSSR count). The number of rotatable bonds is 2. The Bertz CT molecular complexity index is 323. The Kier molecular flexibility index (Phi) is 2.88. The molecule has 0 saturated carbocycles. The fraction of sp³-hybridized carbons (Fsp3) is 0.556. The molecular weight excluding hydrogens is 196 g/mol. The molecule has 2 heterocycles. The van der Waals surface area contributed by atoms with E-state index in [1.807, 2.05) is 13.3 Å². The van der Waals surface area contributed by atoms with Gasteiger partial charge in [0.2, 0.25) is 0 Å². The van der Waals surface area contributed by atoms with Crippen LogP contribution in [0.5, 0.6) is 0 Å². The lowest BCUT2D eigenvalue weighted by atomic mass is 10.1. The summed E-state index contributed by atoms with van der Waals surface area (Å²) in [4.78, 5) is 8.94. The van der Waals surface area contributed by atoms with Crippen molar-refractivity contribution in [3.8, 4) is 0 Å². The van der Waals surface area contributed by atoms with E-state index in [4.69, 9.17) is 0 Å². The second kappa shape index (κ2) is 4.14. The van der Waals surface area contributed by atoms with Gasteiger partial charge in [-0.25, -0.2) is 9.97 Å². The van der Waals surface area contributed by atoms with Gasteiger partial charge < -0.3 is 10.6 Å². The second-order valence-corrected chi connectivity index (χ2v) is 3.93. The zero-order valence-corrected chi connectivity index (χ0v) is 9.24. The van der Waals surface area contributed by atoms with Crippen LogP contribution in [-0.2, 0) is 13.0 Å². The van der Waals surface area contributed by atoms with Crippen LogP contribution in [0.1, 0.15) is 11.3 Å². The SMILES string of the molecule is CNc1nc(SC)nc2c1CNCC2. The van der Waals surface area contributed by atoms with E-state index < -0.39 is 0 Å². The average Bonchev–Trinajstić information content (AvgIpc) is 2.27. The van der Waals surface area contributed by atoms with E-state index >= 15 is 0 Å². The number of aromatic nitrogens is 2. The Morgan fingerprint density at radius 1 is 1.43 bits per heavy atom. The minimum atomic E-state index is 0.856. The van der Waals surface area contributed by atoms with Gasteiger partial charge in [0.1, 0.15) is 5.82 Å². The molecule has 0 atom stereocenters. The highest BCUT2D eigenvalue weighted by Crippen LogP contribution is 2.22. The van der Waals surface area contributed by atoms with Gasteiger partial charge in [0.25, 0.3) is 0 Å². The minimum absolute atomic E-state index is 0.856. The highest BCUT2D eigenvalue weighted by atomic mass is 32.2. The lowest BCUT2D eigenvalue weighted by Gasteiger charge is -2.19. The van der Waals surface area contributed by atoms with Gasteiger partial charge in [0.15, 0.2) is 5.16 Å². The Labute approximate surface area is 87.9 Å². The first kappa shape index (κ1) is 9.73. The zero-order valence-electron chi connectivity index (χ0n) is 8.42. The van der Waals surface area contributed by atoms with Crippen LogP contribution in [0.25, 0.3) is 0 Å². The summed E-state index contributed by atoms with van der Waals surface area (Å²) in [7, 11) is 1.90. The monoisotopic (exact) mass is 210 g/mol. The summed E-state index contributed by atoms with van der Waals surface area (Å²) in [5.74, 6) is 0.964. The van der Waals surface area contributed by atoms with Crippen molar-refractivity contribution in [1.82, 2.24) is 15.3 Å². The van der Waals surface area contributed by atoms with Gasteiger partial charge in [0.05, 0.1) is 5.69 Å². The average molecular weight is 210 g/mol. The smallest absolute Gasteiger partial charge is 0.189 e. The second-order valence-electron chi connectivity index (χ2n) is 3.16. The summed E-state index contributed by atoms with van der Waals surface area (Å²) in [6, 6.07) is 0. The van der Waals surface area contributed by atoms with Crippen LogP contribution in [-0.4, -0.2) is 29.8 Å². The fourth-order valence-corrected chi connectivity index (χ4v) is 2.00. The quantitative estimate of drug-likeness (QED) is 0.561. The maximum atomic E-state index is 4.51. The largest absolute Gasteiger partial charge is 0.373 e. The van der Waals surface area contributed by atoms with Gasteiger partial charge in [-0.15, -0.1) is 0 Å². The van der Waals surface area contributed by atoms with Gasteiger partial charge in [-0.1, -0.05) is 11.8 Å². The Hall–Kier alpha value is -0.810. The molecule has 0 fully saturated rings. The first-order valence-corrected chi connectivity index (χ1v) is 5.90. The number of hydrogen-bond donors (Lipinski definition) is 2. The number of nitrogens with one attached hydrogen (secondary N) is 2. The third-order valence-corrected chi connectivity index (χ3v) is 2.88. The van der Waals surface area contributed by atoms with E-state index in [1.54, 1.807) is 11.8 Å². The van der Waals surface area contributed by atoms with Crippen molar-refractivity contribution < 1.29 is 0 Å². The molecule has 14 heavy (non-hydrogen) atoms. The number of fused-ring (bicyclic) bond motifs is 1. The molecule has 0 unspecified atom stereocenters. The number of nitrogens with zero attached hydrogens (tertiary/aromatic N) is 2. The molecule has 0 amide bonds. The van der Waals surface area contributed by atoms with E-state index in [-0.39, 0.29) is 0 Å². The maximum absolute atomic E-state index is 4.51. The molecule has 1 aromatic rings. The Balaban J connectivity index is 2.47. The van der Waals surface area contributed by atoms with Crippen LogP contribution in [0.3, 0.4) is 0 Å². The molecule has 4 nitrogen and oxygen atoms in total. The van der Waals surface area contributed by atoms with Crippen LogP contribution >= 0.6 is 11.8 Å². The summed E-state index contributed by atoms with van der Waals surface area (Å²) in [6.45, 7) is 1.89. The molecule has 1 aliphatic heterocycles. The molecule has 0 aliphatic carbocycles. The van der Waals surface area contributed by atoms with Crippen molar-refractivity contribution >= 4 is 17.6 Å². The highest BCUT2D eigenvalue weighted by Gasteiger charge is 2.16. The molecule has 0 radical (unpaired) electrons. The van der Waals surface area contributed by atoms with E-state index in [1.165, 1.54) is 11.3 Å². The third kappa shape index (κ3) is 1.69. The summed E-state index contributed by atoms with van der Waals surface area (Å²) in [5.41, 5.74) is 2.41. The Morgan fingerprint density at radius 3 is 3.00 bits per heavy atom. The molecular formula is C9H14N4S. The number of thioether (sulfide) groups is 1. The van der Waals surface area contributed by atoms with Crippen molar-refractivity contribution in [2.75, 3.05) is 25.2 Å². The first-order valence-electron chi connectivity index (χ1n) is 4.67. The summed E-state index contributed by atoms with van der Waals surface area (Å²) in [5, 5.41) is 7.31. The third-order valence-electron chi connectivity index (χ3n) is 2.33. The normalized spacial score (nSPS) is 15.0. The molecule has 76 valence electrons. The first-order chi connectivity index (χ1) is 6.85. The molecule has 0 aromatic carbocycles. The highest BCUT2D eigenvalue weighted by molar-refractivity contribution is 7.98. The maximum Gasteiger partial charge on any atom is 0.189 e. The fourth-order valence-electron chi connectivity index (χ4n) is 1.62. The molecule has 0 saturated heterocycles. The van der Waals surface area contributed by atoms with Crippen molar-refractivity contribution in [2.45, 2.75) is 18.1 Å². The van der Waals surface area contributed by atoms with Gasteiger partial charge in [-0.05, 0) is 6.26 Å². The number of hydrogen-bond acceptors (Lipinski definition) is 5. The summed E-state index contributed by atoms with van der Waals surface area (Å²) in [6.07, 6.45) is 3.00. The predicted octanol–water partition coefficient (Wildman–Crippen LogP) is 0.886. The van der Waals surface area contributed by atoms with Crippen LogP contribution in [0.2, 0.25) is 0 Å². The lowest BCUT2D eigenvalue weighted by molar-refractivity contribution is 0.618. The van der Waals surface area contributed by atoms with Crippen LogP contribution in [0, 0.1) is 0 Å². The summed E-state index contributed by atoms with van der Waals surface area (Å²) < 4.78 is 0. The molecule has 5 heteroatoms. The van der Waals surface area contributed by atoms with Crippen molar-refractivity contribution in [3.63, 3.8) is 0 Å². The molecule has 2 N–H and O–H groups in total. The van der Waals surface area contributed by atoms with Gasteiger partial charge in [-0.3, -0.25) is 0 Å². The number of anilines is 1. The van der Waals surface area contributed by atoms with E-state index in [2.05, 4.69) is 20.6 Å². The van der Waals surface area contributed by atoms with E-state index in [0.29, 0.717) is 0 Å².